The van der Waals surface area contributed by atoms with E-state index in [1.165, 1.54) is 23.9 Å². The highest BCUT2D eigenvalue weighted by Gasteiger charge is 2.30. The molecular formula is C13H14F3N3S. The molecule has 2 aromatic rings. The summed E-state index contributed by atoms with van der Waals surface area (Å²) >= 11 is 1.38. The molecule has 0 aliphatic heterocycles. The minimum Gasteiger partial charge on any atom is -0.306 e. The van der Waals surface area contributed by atoms with Crippen molar-refractivity contribution in [1.82, 2.24) is 14.8 Å². The molecule has 0 aliphatic rings. The molecule has 108 valence electrons. The SMILES string of the molecule is CC(C)n1cnnc1SCc1cccc(C(F)(F)F)c1. The van der Waals surface area contributed by atoms with E-state index in [2.05, 4.69) is 10.2 Å². The minimum absolute atomic E-state index is 0.217. The molecule has 1 aromatic heterocycles. The van der Waals surface area contributed by atoms with Crippen molar-refractivity contribution in [3.8, 4) is 0 Å². The van der Waals surface area contributed by atoms with Crippen molar-refractivity contribution in [1.29, 1.82) is 0 Å². The zero-order valence-corrected chi connectivity index (χ0v) is 11.9. The maximum atomic E-state index is 12.6. The van der Waals surface area contributed by atoms with Gasteiger partial charge in [-0.25, -0.2) is 0 Å². The Labute approximate surface area is 119 Å². The van der Waals surface area contributed by atoms with Crippen molar-refractivity contribution >= 4 is 11.8 Å². The maximum absolute atomic E-state index is 12.6. The molecule has 1 aromatic carbocycles. The number of aromatic nitrogens is 3. The van der Waals surface area contributed by atoms with Crippen molar-refractivity contribution in [3.05, 3.63) is 41.7 Å². The number of rotatable bonds is 4. The molecule has 0 saturated heterocycles. The fourth-order valence-electron chi connectivity index (χ4n) is 1.67. The summed E-state index contributed by atoms with van der Waals surface area (Å²) in [7, 11) is 0. The lowest BCUT2D eigenvalue weighted by Crippen LogP contribution is -2.05. The van der Waals surface area contributed by atoms with Gasteiger partial charge in [-0.1, -0.05) is 30.0 Å². The third-order valence-corrected chi connectivity index (χ3v) is 3.75. The van der Waals surface area contributed by atoms with E-state index in [9.17, 15) is 13.2 Å². The molecule has 0 unspecified atom stereocenters. The van der Waals surface area contributed by atoms with Gasteiger partial charge < -0.3 is 4.57 Å². The second-order valence-corrected chi connectivity index (χ2v) is 5.54. The van der Waals surface area contributed by atoms with E-state index in [0.717, 1.165) is 6.07 Å². The number of hydrogen-bond donors (Lipinski definition) is 0. The van der Waals surface area contributed by atoms with Crippen LogP contribution in [0.3, 0.4) is 0 Å². The van der Waals surface area contributed by atoms with Crippen molar-refractivity contribution in [2.75, 3.05) is 0 Å². The topological polar surface area (TPSA) is 30.7 Å². The Hall–Kier alpha value is -1.50. The van der Waals surface area contributed by atoms with Crippen molar-refractivity contribution in [3.63, 3.8) is 0 Å². The lowest BCUT2D eigenvalue weighted by molar-refractivity contribution is -0.137. The number of thioether (sulfide) groups is 1. The molecule has 0 saturated carbocycles. The van der Waals surface area contributed by atoms with Gasteiger partial charge >= 0.3 is 6.18 Å². The van der Waals surface area contributed by atoms with Gasteiger partial charge in [0.1, 0.15) is 6.33 Å². The Morgan fingerprint density at radius 1 is 1.30 bits per heavy atom. The maximum Gasteiger partial charge on any atom is 0.416 e. The van der Waals surface area contributed by atoms with Gasteiger partial charge in [0, 0.05) is 11.8 Å². The second kappa shape index (κ2) is 5.87. The van der Waals surface area contributed by atoms with Crippen molar-refractivity contribution < 1.29 is 13.2 Å². The van der Waals surface area contributed by atoms with Crippen molar-refractivity contribution in [2.24, 2.45) is 0 Å². The van der Waals surface area contributed by atoms with Crippen LogP contribution in [0, 0.1) is 0 Å². The largest absolute Gasteiger partial charge is 0.416 e. The second-order valence-electron chi connectivity index (χ2n) is 4.60. The quantitative estimate of drug-likeness (QED) is 0.794. The molecule has 2 rings (SSSR count). The summed E-state index contributed by atoms with van der Waals surface area (Å²) in [5.41, 5.74) is -0.0101. The molecule has 0 atom stereocenters. The van der Waals surface area contributed by atoms with Crippen LogP contribution in [0.1, 0.15) is 31.0 Å². The zero-order valence-electron chi connectivity index (χ0n) is 11.1. The molecule has 7 heteroatoms. The highest BCUT2D eigenvalue weighted by Crippen LogP contribution is 2.31. The molecule has 0 amide bonds. The summed E-state index contributed by atoms with van der Waals surface area (Å²) in [6.07, 6.45) is -2.68. The summed E-state index contributed by atoms with van der Waals surface area (Å²) in [5.74, 6) is 0.426. The number of hydrogen-bond acceptors (Lipinski definition) is 3. The van der Waals surface area contributed by atoms with E-state index >= 15 is 0 Å². The number of halogens is 3. The highest BCUT2D eigenvalue weighted by molar-refractivity contribution is 7.98. The Bertz CT molecular complexity index is 578. The molecule has 0 bridgehead atoms. The number of nitrogens with zero attached hydrogens (tertiary/aromatic N) is 3. The Balaban J connectivity index is 2.09. The van der Waals surface area contributed by atoms with Crippen LogP contribution in [0.4, 0.5) is 13.2 Å². The van der Waals surface area contributed by atoms with Gasteiger partial charge in [-0.2, -0.15) is 13.2 Å². The van der Waals surface area contributed by atoms with Crippen LogP contribution in [0.25, 0.3) is 0 Å². The summed E-state index contributed by atoms with van der Waals surface area (Å²) in [5, 5.41) is 8.51. The first-order valence-corrected chi connectivity index (χ1v) is 7.05. The summed E-state index contributed by atoms with van der Waals surface area (Å²) in [6.45, 7) is 4.00. The van der Waals surface area contributed by atoms with E-state index in [-0.39, 0.29) is 6.04 Å². The average Bonchev–Trinajstić information content (AvgIpc) is 2.84. The first-order chi connectivity index (χ1) is 9.38. The van der Waals surface area contributed by atoms with Crippen LogP contribution in [-0.2, 0) is 11.9 Å². The van der Waals surface area contributed by atoms with Gasteiger partial charge in [0.2, 0.25) is 0 Å². The molecule has 0 aliphatic carbocycles. The molecule has 1 heterocycles. The van der Waals surface area contributed by atoms with Crippen LogP contribution in [-0.4, -0.2) is 14.8 Å². The first kappa shape index (κ1) is 14.9. The van der Waals surface area contributed by atoms with E-state index in [1.54, 1.807) is 12.4 Å². The summed E-state index contributed by atoms with van der Waals surface area (Å²) < 4.78 is 39.7. The van der Waals surface area contributed by atoms with E-state index in [4.69, 9.17) is 0 Å². The van der Waals surface area contributed by atoms with Gasteiger partial charge in [0.05, 0.1) is 5.56 Å². The molecule has 3 nitrogen and oxygen atoms in total. The van der Waals surface area contributed by atoms with Gasteiger partial charge in [0.15, 0.2) is 5.16 Å². The van der Waals surface area contributed by atoms with E-state index in [0.29, 0.717) is 16.5 Å². The lowest BCUT2D eigenvalue weighted by Gasteiger charge is -2.10. The highest BCUT2D eigenvalue weighted by atomic mass is 32.2. The molecule has 20 heavy (non-hydrogen) atoms. The fourth-order valence-corrected chi connectivity index (χ4v) is 2.66. The van der Waals surface area contributed by atoms with Crippen molar-refractivity contribution in [2.45, 2.75) is 37.0 Å². The molecule has 0 fully saturated rings. The van der Waals surface area contributed by atoms with E-state index < -0.39 is 11.7 Å². The van der Waals surface area contributed by atoms with Gasteiger partial charge in [-0.3, -0.25) is 0 Å². The third kappa shape index (κ3) is 3.53. The Morgan fingerprint density at radius 3 is 2.70 bits per heavy atom. The molecular weight excluding hydrogens is 287 g/mol. The molecule has 0 N–H and O–H groups in total. The predicted molar refractivity (Wildman–Crippen MR) is 71.4 cm³/mol. The van der Waals surface area contributed by atoms with Crippen LogP contribution in [0.15, 0.2) is 35.7 Å². The minimum atomic E-state index is -4.31. The number of benzene rings is 1. The monoisotopic (exact) mass is 301 g/mol. The van der Waals surface area contributed by atoms with Crippen LogP contribution in [0.5, 0.6) is 0 Å². The molecule has 0 radical (unpaired) electrons. The third-order valence-electron chi connectivity index (χ3n) is 2.72. The Morgan fingerprint density at radius 2 is 2.05 bits per heavy atom. The van der Waals surface area contributed by atoms with Crippen LogP contribution < -0.4 is 0 Å². The van der Waals surface area contributed by atoms with Crippen LogP contribution in [0.2, 0.25) is 0 Å². The van der Waals surface area contributed by atoms with Gasteiger partial charge in [0.25, 0.3) is 0 Å². The van der Waals surface area contributed by atoms with Crippen LogP contribution >= 0.6 is 11.8 Å². The number of alkyl halides is 3. The smallest absolute Gasteiger partial charge is 0.306 e. The zero-order chi connectivity index (χ0) is 14.8. The fraction of sp³-hybridized carbons (Fsp3) is 0.385. The normalized spacial score (nSPS) is 12.1. The Kier molecular flexibility index (Phi) is 4.37. The molecule has 0 spiro atoms. The standard InChI is InChI=1S/C13H14F3N3S/c1-9(2)19-8-17-18-12(19)20-7-10-4-3-5-11(6-10)13(14,15)16/h3-6,8-9H,7H2,1-2H3. The van der Waals surface area contributed by atoms with Gasteiger partial charge in [-0.15, -0.1) is 10.2 Å². The average molecular weight is 301 g/mol. The van der Waals surface area contributed by atoms with E-state index in [1.807, 2.05) is 18.4 Å². The summed E-state index contributed by atoms with van der Waals surface area (Å²) in [6, 6.07) is 5.56. The predicted octanol–water partition coefficient (Wildman–Crippen LogP) is 4.17. The first-order valence-electron chi connectivity index (χ1n) is 6.06. The van der Waals surface area contributed by atoms with Gasteiger partial charge in [-0.05, 0) is 25.5 Å². The summed E-state index contributed by atoms with van der Waals surface area (Å²) in [4.78, 5) is 0. The lowest BCUT2D eigenvalue weighted by atomic mass is 10.1.